The highest BCUT2D eigenvalue weighted by Crippen LogP contribution is 2.21. The summed E-state index contributed by atoms with van der Waals surface area (Å²) in [6, 6.07) is 11.5. The molecule has 10 heteroatoms. The van der Waals surface area contributed by atoms with Crippen molar-refractivity contribution in [2.24, 2.45) is 0 Å². The lowest BCUT2D eigenvalue weighted by Gasteiger charge is -2.30. The number of carbonyl (C=O) groups is 2. The zero-order chi connectivity index (χ0) is 25.5. The first kappa shape index (κ1) is 27.6. The Morgan fingerprint density at radius 3 is 2.24 bits per heavy atom. The number of sulfonamides is 1. The largest absolute Gasteiger partial charge is 0.352 e. The third-order valence-electron chi connectivity index (χ3n) is 5.16. The number of nitrogens with zero attached hydrogens (tertiary/aromatic N) is 2. The maximum Gasteiger partial charge on any atom is 0.242 e. The van der Waals surface area contributed by atoms with E-state index >= 15 is 0 Å². The Balaban J connectivity index is 2.17. The monoisotopic (exact) mass is 511 g/mol. The van der Waals surface area contributed by atoms with Gasteiger partial charge in [-0.05, 0) is 57.5 Å². The third kappa shape index (κ3) is 7.99. The van der Waals surface area contributed by atoms with E-state index in [9.17, 15) is 22.4 Å². The molecule has 0 saturated carbocycles. The van der Waals surface area contributed by atoms with Gasteiger partial charge in [-0.1, -0.05) is 29.8 Å². The molecule has 0 aliphatic carbocycles. The summed E-state index contributed by atoms with van der Waals surface area (Å²) >= 11 is 5.90. The van der Waals surface area contributed by atoms with E-state index in [0.29, 0.717) is 16.3 Å². The molecule has 0 heterocycles. The molecular formula is C24H31ClFN3O4S. The Hall–Kier alpha value is -2.65. The number of hydrogen-bond acceptors (Lipinski definition) is 4. The number of anilines is 1. The molecule has 0 aliphatic rings. The number of rotatable bonds is 11. The van der Waals surface area contributed by atoms with Crippen LogP contribution in [0.25, 0.3) is 0 Å². The predicted molar refractivity (Wildman–Crippen MR) is 133 cm³/mol. The Kier molecular flexibility index (Phi) is 9.88. The van der Waals surface area contributed by atoms with Crippen LogP contribution in [0.3, 0.4) is 0 Å². The molecule has 186 valence electrons. The van der Waals surface area contributed by atoms with Gasteiger partial charge in [-0.3, -0.25) is 13.9 Å². The number of carbonyl (C=O) groups excluding carboxylic acids is 2. The zero-order valence-corrected chi connectivity index (χ0v) is 21.4. The minimum Gasteiger partial charge on any atom is -0.352 e. The van der Waals surface area contributed by atoms with Crippen LogP contribution in [-0.4, -0.2) is 50.0 Å². The third-order valence-corrected chi connectivity index (χ3v) is 6.61. The number of hydrogen-bond donors (Lipinski definition) is 1. The molecule has 0 radical (unpaired) electrons. The van der Waals surface area contributed by atoms with Crippen molar-refractivity contribution in [2.45, 2.75) is 52.2 Å². The van der Waals surface area contributed by atoms with Gasteiger partial charge < -0.3 is 10.2 Å². The van der Waals surface area contributed by atoms with Gasteiger partial charge in [0.1, 0.15) is 11.9 Å². The first-order valence-corrected chi connectivity index (χ1v) is 13.2. The normalized spacial score (nSPS) is 12.3. The van der Waals surface area contributed by atoms with Gasteiger partial charge in [0.25, 0.3) is 0 Å². The molecule has 34 heavy (non-hydrogen) atoms. The fourth-order valence-corrected chi connectivity index (χ4v) is 4.50. The molecule has 0 saturated heterocycles. The van der Waals surface area contributed by atoms with Gasteiger partial charge in [0.15, 0.2) is 0 Å². The summed E-state index contributed by atoms with van der Waals surface area (Å²) < 4.78 is 40.1. The average Bonchev–Trinajstić information content (AvgIpc) is 2.75. The summed E-state index contributed by atoms with van der Waals surface area (Å²) in [5.41, 5.74) is 0.728. The van der Waals surface area contributed by atoms with Crippen molar-refractivity contribution in [1.82, 2.24) is 10.2 Å². The molecule has 2 rings (SSSR count). The number of halogens is 2. The van der Waals surface area contributed by atoms with Crippen molar-refractivity contribution in [3.63, 3.8) is 0 Å². The summed E-state index contributed by atoms with van der Waals surface area (Å²) in [4.78, 5) is 27.1. The Morgan fingerprint density at radius 1 is 1.06 bits per heavy atom. The molecular weight excluding hydrogens is 481 g/mol. The van der Waals surface area contributed by atoms with Crippen molar-refractivity contribution >= 4 is 39.1 Å². The first-order valence-electron chi connectivity index (χ1n) is 11.0. The lowest BCUT2D eigenvalue weighted by Crippen LogP contribution is -2.49. The van der Waals surface area contributed by atoms with Crippen LogP contribution >= 0.6 is 11.6 Å². The van der Waals surface area contributed by atoms with Gasteiger partial charge in [0.05, 0.1) is 11.9 Å². The van der Waals surface area contributed by atoms with E-state index in [-0.39, 0.29) is 43.8 Å². The lowest BCUT2D eigenvalue weighted by molar-refractivity contribution is -0.140. The Labute approximate surface area is 205 Å². The van der Waals surface area contributed by atoms with Crippen molar-refractivity contribution in [1.29, 1.82) is 0 Å². The van der Waals surface area contributed by atoms with E-state index in [2.05, 4.69) is 5.32 Å². The second kappa shape index (κ2) is 12.2. The van der Waals surface area contributed by atoms with Gasteiger partial charge in [-0.15, -0.1) is 0 Å². The van der Waals surface area contributed by atoms with Crippen LogP contribution in [0, 0.1) is 5.82 Å². The standard InChI is InChI=1S/C24H31ClFN3O4S/c1-17(2)27-24(31)18(3)28(16-19-8-5-6-9-22(19)26)23(30)10-7-15-29(34(4,32)33)21-13-11-20(25)12-14-21/h5-6,8-9,11-14,17-18H,7,10,15-16H2,1-4H3,(H,27,31). The van der Waals surface area contributed by atoms with Crippen LogP contribution in [0.15, 0.2) is 48.5 Å². The van der Waals surface area contributed by atoms with Gasteiger partial charge >= 0.3 is 0 Å². The molecule has 2 aromatic rings. The van der Waals surface area contributed by atoms with E-state index in [4.69, 9.17) is 11.6 Å². The molecule has 0 aliphatic heterocycles. The fraction of sp³-hybridized carbons (Fsp3) is 0.417. The lowest BCUT2D eigenvalue weighted by atomic mass is 10.1. The molecule has 7 nitrogen and oxygen atoms in total. The zero-order valence-electron chi connectivity index (χ0n) is 19.8. The Morgan fingerprint density at radius 2 is 1.68 bits per heavy atom. The number of nitrogens with one attached hydrogen (secondary N) is 1. The summed E-state index contributed by atoms with van der Waals surface area (Å²) in [5.74, 6) is -1.19. The number of benzene rings is 2. The van der Waals surface area contributed by atoms with Crippen LogP contribution in [-0.2, 0) is 26.2 Å². The highest BCUT2D eigenvalue weighted by molar-refractivity contribution is 7.92. The highest BCUT2D eigenvalue weighted by Gasteiger charge is 2.27. The Bertz CT molecular complexity index is 1090. The smallest absolute Gasteiger partial charge is 0.242 e. The van der Waals surface area contributed by atoms with Gasteiger partial charge in [-0.2, -0.15) is 0 Å². The van der Waals surface area contributed by atoms with Crippen LogP contribution in [0.5, 0.6) is 0 Å². The van der Waals surface area contributed by atoms with Gasteiger partial charge in [0.2, 0.25) is 21.8 Å². The summed E-state index contributed by atoms with van der Waals surface area (Å²) in [6.07, 6.45) is 1.28. The highest BCUT2D eigenvalue weighted by atomic mass is 35.5. The minimum absolute atomic E-state index is 0.0205. The molecule has 0 spiro atoms. The van der Waals surface area contributed by atoms with E-state index in [1.54, 1.807) is 49.4 Å². The van der Waals surface area contributed by atoms with E-state index in [1.807, 2.05) is 13.8 Å². The van der Waals surface area contributed by atoms with Crippen LogP contribution in [0.2, 0.25) is 5.02 Å². The van der Waals surface area contributed by atoms with Crippen LogP contribution < -0.4 is 9.62 Å². The molecule has 1 atom stereocenters. The molecule has 2 aromatic carbocycles. The molecule has 0 bridgehead atoms. The predicted octanol–water partition coefficient (Wildman–Crippen LogP) is 3.97. The van der Waals surface area contributed by atoms with Crippen molar-refractivity contribution in [2.75, 3.05) is 17.1 Å². The summed E-state index contributed by atoms with van der Waals surface area (Å²) in [6.45, 7) is 5.19. The minimum atomic E-state index is -3.59. The maximum absolute atomic E-state index is 14.3. The van der Waals surface area contributed by atoms with Gasteiger partial charge in [0, 0.05) is 36.1 Å². The first-order chi connectivity index (χ1) is 15.9. The molecule has 0 fully saturated rings. The van der Waals surface area contributed by atoms with E-state index in [0.717, 1.165) is 6.26 Å². The van der Waals surface area contributed by atoms with Crippen molar-refractivity contribution in [3.8, 4) is 0 Å². The molecule has 2 amide bonds. The van der Waals surface area contributed by atoms with Gasteiger partial charge in [-0.25, -0.2) is 12.8 Å². The summed E-state index contributed by atoms with van der Waals surface area (Å²) in [7, 11) is -3.59. The van der Waals surface area contributed by atoms with Crippen LogP contribution in [0.4, 0.5) is 10.1 Å². The maximum atomic E-state index is 14.3. The van der Waals surface area contributed by atoms with Crippen molar-refractivity contribution < 1.29 is 22.4 Å². The summed E-state index contributed by atoms with van der Waals surface area (Å²) in [5, 5.41) is 3.25. The SMILES string of the molecule is CC(C)NC(=O)C(C)N(Cc1ccccc1F)C(=O)CCCN(c1ccc(Cl)cc1)S(C)(=O)=O. The van der Waals surface area contributed by atoms with Crippen LogP contribution in [0.1, 0.15) is 39.2 Å². The van der Waals surface area contributed by atoms with Crippen molar-refractivity contribution in [3.05, 3.63) is 64.9 Å². The molecule has 1 N–H and O–H groups in total. The van der Waals surface area contributed by atoms with E-state index < -0.39 is 21.9 Å². The quantitative estimate of drug-likeness (QED) is 0.494. The topological polar surface area (TPSA) is 86.8 Å². The second-order valence-electron chi connectivity index (χ2n) is 8.37. The second-order valence-corrected chi connectivity index (χ2v) is 10.7. The molecule has 1 unspecified atom stereocenters. The molecule has 0 aromatic heterocycles. The number of amides is 2. The average molecular weight is 512 g/mol. The fourth-order valence-electron chi connectivity index (χ4n) is 3.41. The van der Waals surface area contributed by atoms with E-state index in [1.165, 1.54) is 15.3 Å².